The summed E-state index contributed by atoms with van der Waals surface area (Å²) in [6.07, 6.45) is 8.36. The van der Waals surface area contributed by atoms with Crippen LogP contribution in [-0.4, -0.2) is 26.0 Å². The van der Waals surface area contributed by atoms with E-state index in [0.717, 1.165) is 25.2 Å². The van der Waals surface area contributed by atoms with Crippen LogP contribution in [0.4, 0.5) is 0 Å². The highest BCUT2D eigenvalue weighted by atomic mass is 15.3. The minimum atomic E-state index is 0.717. The highest BCUT2D eigenvalue weighted by molar-refractivity contribution is 5.28. The van der Waals surface area contributed by atoms with Gasteiger partial charge in [-0.3, -0.25) is 0 Å². The zero-order valence-corrected chi connectivity index (χ0v) is 11.2. The Labute approximate surface area is 113 Å². The van der Waals surface area contributed by atoms with Gasteiger partial charge in [-0.1, -0.05) is 13.3 Å². The Balaban J connectivity index is 1.86. The van der Waals surface area contributed by atoms with Gasteiger partial charge in [0.25, 0.3) is 0 Å². The van der Waals surface area contributed by atoms with Gasteiger partial charge in [0, 0.05) is 24.3 Å². The van der Waals surface area contributed by atoms with Gasteiger partial charge < -0.3 is 5.32 Å². The van der Waals surface area contributed by atoms with Crippen LogP contribution in [-0.2, 0) is 13.0 Å². The molecular weight excluding hydrogens is 238 g/mol. The molecule has 0 unspecified atom stereocenters. The highest BCUT2D eigenvalue weighted by Crippen LogP contribution is 2.21. The van der Waals surface area contributed by atoms with E-state index in [2.05, 4.69) is 27.5 Å². The van der Waals surface area contributed by atoms with Gasteiger partial charge in [-0.2, -0.15) is 10.2 Å². The molecule has 1 aliphatic rings. The molecule has 0 spiro atoms. The van der Waals surface area contributed by atoms with Crippen molar-refractivity contribution in [2.45, 2.75) is 45.2 Å². The molecular formula is C14H19N5. The second-order valence-corrected chi connectivity index (χ2v) is 5.02. The van der Waals surface area contributed by atoms with E-state index in [-0.39, 0.29) is 0 Å². The first-order chi connectivity index (χ1) is 9.38. The molecule has 2 aromatic heterocycles. The van der Waals surface area contributed by atoms with Gasteiger partial charge in [0.2, 0.25) is 0 Å². The van der Waals surface area contributed by atoms with Crippen LogP contribution in [0.5, 0.6) is 0 Å². The summed E-state index contributed by atoms with van der Waals surface area (Å²) in [7, 11) is 0. The zero-order valence-electron chi connectivity index (χ0n) is 11.2. The molecule has 0 aromatic carbocycles. The topological polar surface area (TPSA) is 55.6 Å². The maximum absolute atomic E-state index is 4.48. The lowest BCUT2D eigenvalue weighted by Crippen LogP contribution is -2.16. The van der Waals surface area contributed by atoms with Crippen molar-refractivity contribution in [2.24, 2.45) is 0 Å². The predicted octanol–water partition coefficient (Wildman–Crippen LogP) is 1.87. The number of nitrogens with zero attached hydrogens (tertiary/aromatic N) is 4. The van der Waals surface area contributed by atoms with E-state index in [0.29, 0.717) is 6.04 Å². The van der Waals surface area contributed by atoms with Crippen molar-refractivity contribution in [3.63, 3.8) is 0 Å². The molecule has 2 aromatic rings. The molecule has 0 atom stereocenters. The van der Waals surface area contributed by atoms with Gasteiger partial charge in [0.05, 0.1) is 11.9 Å². The summed E-state index contributed by atoms with van der Waals surface area (Å²) in [5.41, 5.74) is 2.52. The molecule has 0 radical (unpaired) electrons. The number of rotatable bonds is 6. The molecule has 3 rings (SSSR count). The minimum Gasteiger partial charge on any atom is -0.310 e. The molecule has 1 saturated carbocycles. The summed E-state index contributed by atoms with van der Waals surface area (Å²) < 4.78 is 1.92. The van der Waals surface area contributed by atoms with Crippen molar-refractivity contribution in [1.29, 1.82) is 0 Å². The standard InChI is InChI=1S/C14H19N5/c1-2-4-13-11(9-15-12-6-7-12)10-17-19(13)14-5-3-8-16-18-14/h3,5,8,10,12,15H,2,4,6-7,9H2,1H3. The third kappa shape index (κ3) is 2.81. The summed E-state index contributed by atoms with van der Waals surface area (Å²) in [6.45, 7) is 3.09. The molecule has 100 valence electrons. The van der Waals surface area contributed by atoms with Gasteiger partial charge in [0.1, 0.15) is 0 Å². The summed E-state index contributed by atoms with van der Waals surface area (Å²) >= 11 is 0. The Bertz CT molecular complexity index is 530. The normalized spacial score (nSPS) is 14.8. The Kier molecular flexibility index (Phi) is 3.55. The second kappa shape index (κ2) is 5.48. The van der Waals surface area contributed by atoms with Crippen LogP contribution < -0.4 is 5.32 Å². The number of hydrogen-bond acceptors (Lipinski definition) is 4. The molecule has 0 saturated heterocycles. The van der Waals surface area contributed by atoms with Crippen molar-refractivity contribution in [1.82, 2.24) is 25.3 Å². The first-order valence-corrected chi connectivity index (χ1v) is 6.95. The maximum atomic E-state index is 4.48. The molecule has 0 aliphatic heterocycles. The third-order valence-corrected chi connectivity index (χ3v) is 3.38. The van der Waals surface area contributed by atoms with E-state index in [1.807, 2.05) is 23.0 Å². The fourth-order valence-electron chi connectivity index (χ4n) is 2.20. The quantitative estimate of drug-likeness (QED) is 0.858. The molecule has 5 nitrogen and oxygen atoms in total. The Morgan fingerprint density at radius 2 is 2.32 bits per heavy atom. The number of aromatic nitrogens is 4. The summed E-state index contributed by atoms with van der Waals surface area (Å²) in [5, 5.41) is 16.1. The molecule has 2 heterocycles. The lowest BCUT2D eigenvalue weighted by molar-refractivity contribution is 0.673. The number of nitrogens with one attached hydrogen (secondary N) is 1. The van der Waals surface area contributed by atoms with Crippen molar-refractivity contribution in [3.8, 4) is 5.82 Å². The molecule has 0 bridgehead atoms. The first-order valence-electron chi connectivity index (χ1n) is 6.95. The predicted molar refractivity (Wildman–Crippen MR) is 73.0 cm³/mol. The van der Waals surface area contributed by atoms with Crippen molar-refractivity contribution >= 4 is 0 Å². The van der Waals surface area contributed by atoms with Crippen LogP contribution in [0.25, 0.3) is 5.82 Å². The van der Waals surface area contributed by atoms with Crippen molar-refractivity contribution in [3.05, 3.63) is 35.8 Å². The average molecular weight is 257 g/mol. The first kappa shape index (κ1) is 12.3. The Hall–Kier alpha value is -1.75. The third-order valence-electron chi connectivity index (χ3n) is 3.38. The van der Waals surface area contributed by atoms with Crippen LogP contribution >= 0.6 is 0 Å². The minimum absolute atomic E-state index is 0.717. The van der Waals surface area contributed by atoms with E-state index in [4.69, 9.17) is 0 Å². The average Bonchev–Trinajstić information content (AvgIpc) is 3.20. The lowest BCUT2D eigenvalue weighted by atomic mass is 10.1. The molecule has 1 fully saturated rings. The molecule has 1 N–H and O–H groups in total. The Morgan fingerprint density at radius 3 is 3.00 bits per heavy atom. The van der Waals surface area contributed by atoms with E-state index < -0.39 is 0 Å². The van der Waals surface area contributed by atoms with E-state index in [1.165, 1.54) is 24.1 Å². The SMILES string of the molecule is CCCc1c(CNC2CC2)cnn1-c1cccnn1. The monoisotopic (exact) mass is 257 g/mol. The zero-order chi connectivity index (χ0) is 13.1. The summed E-state index contributed by atoms with van der Waals surface area (Å²) in [6, 6.07) is 4.55. The van der Waals surface area contributed by atoms with Crippen LogP contribution in [0.3, 0.4) is 0 Å². The van der Waals surface area contributed by atoms with Crippen molar-refractivity contribution in [2.75, 3.05) is 0 Å². The van der Waals surface area contributed by atoms with Crippen LogP contribution in [0.2, 0.25) is 0 Å². The van der Waals surface area contributed by atoms with Gasteiger partial charge in [-0.05, 0) is 31.4 Å². The molecule has 0 amide bonds. The van der Waals surface area contributed by atoms with Crippen molar-refractivity contribution < 1.29 is 0 Å². The van der Waals surface area contributed by atoms with E-state index in [9.17, 15) is 0 Å². The fourth-order valence-corrected chi connectivity index (χ4v) is 2.20. The van der Waals surface area contributed by atoms with E-state index >= 15 is 0 Å². The van der Waals surface area contributed by atoms with Crippen LogP contribution in [0.1, 0.15) is 37.4 Å². The largest absolute Gasteiger partial charge is 0.310 e. The second-order valence-electron chi connectivity index (χ2n) is 5.02. The molecule has 1 aliphatic carbocycles. The molecule has 5 heteroatoms. The van der Waals surface area contributed by atoms with E-state index in [1.54, 1.807) is 6.20 Å². The highest BCUT2D eigenvalue weighted by Gasteiger charge is 2.21. The smallest absolute Gasteiger partial charge is 0.175 e. The molecule has 19 heavy (non-hydrogen) atoms. The Morgan fingerprint density at radius 1 is 1.42 bits per heavy atom. The van der Waals surface area contributed by atoms with Crippen LogP contribution in [0, 0.1) is 0 Å². The number of hydrogen-bond donors (Lipinski definition) is 1. The van der Waals surface area contributed by atoms with Gasteiger partial charge >= 0.3 is 0 Å². The summed E-state index contributed by atoms with van der Waals surface area (Å²) in [5.74, 6) is 0.795. The maximum Gasteiger partial charge on any atom is 0.175 e. The van der Waals surface area contributed by atoms with Gasteiger partial charge in [0.15, 0.2) is 5.82 Å². The van der Waals surface area contributed by atoms with Gasteiger partial charge in [-0.15, -0.1) is 5.10 Å². The lowest BCUT2D eigenvalue weighted by Gasteiger charge is -2.08. The van der Waals surface area contributed by atoms with Gasteiger partial charge in [-0.25, -0.2) is 4.68 Å². The summed E-state index contributed by atoms with van der Waals surface area (Å²) in [4.78, 5) is 0. The fraction of sp³-hybridized carbons (Fsp3) is 0.500. The van der Waals surface area contributed by atoms with Crippen LogP contribution in [0.15, 0.2) is 24.5 Å².